The molecule has 148 valence electrons. The summed E-state index contributed by atoms with van der Waals surface area (Å²) in [4.78, 5) is 25.9. The molecule has 2 aromatic rings. The zero-order chi connectivity index (χ0) is 19.8. The molecule has 7 heteroatoms. The molecular formula is C21H23FN2O4. The Bertz CT molecular complexity index is 804. The van der Waals surface area contributed by atoms with E-state index >= 15 is 0 Å². The summed E-state index contributed by atoms with van der Waals surface area (Å²) >= 11 is 0. The average molecular weight is 386 g/mol. The zero-order valence-corrected chi connectivity index (χ0v) is 15.5. The van der Waals surface area contributed by atoms with E-state index in [9.17, 15) is 14.0 Å². The maximum Gasteiger partial charge on any atom is 0.344 e. The third-order valence-electron chi connectivity index (χ3n) is 4.39. The van der Waals surface area contributed by atoms with Crippen LogP contribution >= 0.6 is 0 Å². The molecule has 0 unspecified atom stereocenters. The van der Waals surface area contributed by atoms with Crippen molar-refractivity contribution in [2.45, 2.75) is 19.3 Å². The predicted molar refractivity (Wildman–Crippen MR) is 104 cm³/mol. The van der Waals surface area contributed by atoms with Gasteiger partial charge in [0, 0.05) is 30.5 Å². The number of esters is 1. The third kappa shape index (κ3) is 5.97. The first-order chi connectivity index (χ1) is 13.6. The Morgan fingerprint density at radius 1 is 1.00 bits per heavy atom. The number of ether oxygens (including phenoxy) is 2. The average Bonchev–Trinajstić information content (AvgIpc) is 2.72. The van der Waals surface area contributed by atoms with Crippen LogP contribution in [0, 0.1) is 5.82 Å². The van der Waals surface area contributed by atoms with Crippen LogP contribution in [0.15, 0.2) is 48.5 Å². The Hall–Kier alpha value is -3.09. The normalized spacial score (nSPS) is 13.7. The highest BCUT2D eigenvalue weighted by Crippen LogP contribution is 2.21. The fourth-order valence-corrected chi connectivity index (χ4v) is 2.99. The topological polar surface area (TPSA) is 67.9 Å². The number of benzene rings is 2. The van der Waals surface area contributed by atoms with Gasteiger partial charge in [-0.3, -0.25) is 4.79 Å². The van der Waals surface area contributed by atoms with Gasteiger partial charge in [0.05, 0.1) is 0 Å². The number of nitrogens with one attached hydrogen (secondary N) is 1. The Morgan fingerprint density at radius 3 is 2.46 bits per heavy atom. The molecule has 1 aliphatic heterocycles. The van der Waals surface area contributed by atoms with Gasteiger partial charge >= 0.3 is 5.97 Å². The van der Waals surface area contributed by atoms with Crippen LogP contribution in [0.2, 0.25) is 0 Å². The lowest BCUT2D eigenvalue weighted by Crippen LogP contribution is -2.29. The molecule has 2 aromatic carbocycles. The van der Waals surface area contributed by atoms with Crippen molar-refractivity contribution in [2.24, 2.45) is 0 Å². The second-order valence-electron chi connectivity index (χ2n) is 6.55. The number of hydrogen-bond donors (Lipinski definition) is 1. The smallest absolute Gasteiger partial charge is 0.344 e. The maximum atomic E-state index is 13.0. The van der Waals surface area contributed by atoms with Crippen LogP contribution in [0.25, 0.3) is 0 Å². The molecule has 1 saturated heterocycles. The first kappa shape index (κ1) is 19.7. The summed E-state index contributed by atoms with van der Waals surface area (Å²) in [6, 6.07) is 13.0. The molecule has 1 fully saturated rings. The molecule has 0 saturated carbocycles. The molecule has 0 spiro atoms. The van der Waals surface area contributed by atoms with E-state index in [2.05, 4.69) is 10.2 Å². The number of halogens is 1. The molecule has 0 aliphatic carbocycles. The highest BCUT2D eigenvalue weighted by Gasteiger charge is 2.12. The maximum absolute atomic E-state index is 13.0. The van der Waals surface area contributed by atoms with Crippen LogP contribution in [0.5, 0.6) is 5.75 Å². The Labute approximate surface area is 163 Å². The number of amides is 1. The summed E-state index contributed by atoms with van der Waals surface area (Å²) in [5.74, 6) is -1.39. The highest BCUT2D eigenvalue weighted by molar-refractivity contribution is 5.93. The number of nitrogens with zero attached hydrogens (tertiary/aromatic N) is 1. The van der Waals surface area contributed by atoms with Gasteiger partial charge in [-0.2, -0.15) is 0 Å². The van der Waals surface area contributed by atoms with Crippen molar-refractivity contribution in [3.63, 3.8) is 0 Å². The summed E-state index contributed by atoms with van der Waals surface area (Å²) < 4.78 is 23.0. The monoisotopic (exact) mass is 386 g/mol. The molecule has 1 aliphatic rings. The lowest BCUT2D eigenvalue weighted by molar-refractivity contribution is -0.149. The number of piperidine rings is 1. The van der Waals surface area contributed by atoms with Crippen LogP contribution in [-0.4, -0.2) is 38.2 Å². The third-order valence-corrected chi connectivity index (χ3v) is 4.39. The first-order valence-corrected chi connectivity index (χ1v) is 9.29. The van der Waals surface area contributed by atoms with Crippen molar-refractivity contribution >= 4 is 23.3 Å². The Balaban J connectivity index is 1.39. The van der Waals surface area contributed by atoms with E-state index in [4.69, 9.17) is 9.47 Å². The number of carbonyl (C=O) groups is 2. The van der Waals surface area contributed by atoms with Crippen molar-refractivity contribution in [3.05, 3.63) is 54.3 Å². The minimum atomic E-state index is -0.708. The minimum Gasteiger partial charge on any atom is -0.482 e. The van der Waals surface area contributed by atoms with Gasteiger partial charge in [0.1, 0.15) is 11.6 Å². The van der Waals surface area contributed by atoms with Crippen molar-refractivity contribution in [1.29, 1.82) is 0 Å². The largest absolute Gasteiger partial charge is 0.482 e. The number of rotatable bonds is 7. The van der Waals surface area contributed by atoms with E-state index in [1.165, 1.54) is 37.5 Å². The Morgan fingerprint density at radius 2 is 1.75 bits per heavy atom. The van der Waals surface area contributed by atoms with Crippen LogP contribution in [0.3, 0.4) is 0 Å². The number of anilines is 2. The molecule has 1 N–H and O–H groups in total. The predicted octanol–water partition coefficient (Wildman–Crippen LogP) is 3.38. The van der Waals surface area contributed by atoms with E-state index < -0.39 is 30.9 Å². The standard InChI is InChI=1S/C21H23FN2O4/c22-16-5-4-6-19(13-16)27-15-21(26)28-14-20(25)23-17-7-9-18(10-8-17)24-11-2-1-3-12-24/h4-10,13H,1-3,11-12,14-15H2,(H,23,25). The first-order valence-electron chi connectivity index (χ1n) is 9.29. The van der Waals surface area contributed by atoms with Crippen LogP contribution < -0.4 is 15.0 Å². The fraction of sp³-hybridized carbons (Fsp3) is 0.333. The summed E-state index contributed by atoms with van der Waals surface area (Å²) in [6.07, 6.45) is 3.68. The van der Waals surface area contributed by atoms with Gasteiger partial charge in [-0.05, 0) is 55.7 Å². The van der Waals surface area contributed by atoms with E-state index in [-0.39, 0.29) is 5.75 Å². The van der Waals surface area contributed by atoms with Crippen LogP contribution in [-0.2, 0) is 14.3 Å². The fourth-order valence-electron chi connectivity index (χ4n) is 2.99. The van der Waals surface area contributed by atoms with Crippen LogP contribution in [0.1, 0.15) is 19.3 Å². The van der Waals surface area contributed by atoms with E-state index in [1.807, 2.05) is 24.3 Å². The second-order valence-corrected chi connectivity index (χ2v) is 6.55. The quantitative estimate of drug-likeness (QED) is 0.739. The molecule has 1 amide bonds. The van der Waals surface area contributed by atoms with Gasteiger partial charge in [-0.25, -0.2) is 9.18 Å². The lowest BCUT2D eigenvalue weighted by Gasteiger charge is -2.28. The summed E-state index contributed by atoms with van der Waals surface area (Å²) in [6.45, 7) is 1.29. The number of carbonyl (C=O) groups excluding carboxylic acids is 2. The molecule has 3 rings (SSSR count). The van der Waals surface area contributed by atoms with E-state index in [0.717, 1.165) is 24.8 Å². The summed E-state index contributed by atoms with van der Waals surface area (Å²) in [7, 11) is 0. The van der Waals surface area contributed by atoms with Gasteiger partial charge in [0.2, 0.25) is 0 Å². The summed E-state index contributed by atoms with van der Waals surface area (Å²) in [5, 5.41) is 2.68. The molecule has 28 heavy (non-hydrogen) atoms. The molecule has 6 nitrogen and oxygen atoms in total. The lowest BCUT2D eigenvalue weighted by atomic mass is 10.1. The second kappa shape index (κ2) is 9.73. The molecule has 0 atom stereocenters. The molecular weight excluding hydrogens is 363 g/mol. The van der Waals surface area contributed by atoms with Crippen molar-refractivity contribution in [3.8, 4) is 5.75 Å². The summed E-state index contributed by atoms with van der Waals surface area (Å²) in [5.41, 5.74) is 1.77. The van der Waals surface area contributed by atoms with Crippen molar-refractivity contribution in [2.75, 3.05) is 36.5 Å². The zero-order valence-electron chi connectivity index (χ0n) is 15.5. The van der Waals surface area contributed by atoms with Crippen LogP contribution in [0.4, 0.5) is 15.8 Å². The highest BCUT2D eigenvalue weighted by atomic mass is 19.1. The molecule has 1 heterocycles. The van der Waals surface area contributed by atoms with E-state index in [0.29, 0.717) is 5.69 Å². The molecule has 0 bridgehead atoms. The Kier molecular flexibility index (Phi) is 6.84. The van der Waals surface area contributed by atoms with Gasteiger partial charge in [0.25, 0.3) is 5.91 Å². The van der Waals surface area contributed by atoms with E-state index in [1.54, 1.807) is 0 Å². The van der Waals surface area contributed by atoms with Gasteiger partial charge < -0.3 is 19.7 Å². The van der Waals surface area contributed by atoms with Gasteiger partial charge in [0.15, 0.2) is 13.2 Å². The number of hydrogen-bond acceptors (Lipinski definition) is 5. The van der Waals surface area contributed by atoms with Gasteiger partial charge in [-0.15, -0.1) is 0 Å². The molecule has 0 aromatic heterocycles. The van der Waals surface area contributed by atoms with Gasteiger partial charge in [-0.1, -0.05) is 6.07 Å². The van der Waals surface area contributed by atoms with Crippen molar-refractivity contribution < 1.29 is 23.5 Å². The molecule has 0 radical (unpaired) electrons. The van der Waals surface area contributed by atoms with Crippen molar-refractivity contribution in [1.82, 2.24) is 0 Å². The SMILES string of the molecule is O=C(COC(=O)COc1cccc(F)c1)Nc1ccc(N2CCCCC2)cc1. The minimum absolute atomic E-state index is 0.218.